The molecular formula is C16H14ClFN2O4. The van der Waals surface area contributed by atoms with Gasteiger partial charge < -0.3 is 9.15 Å². The van der Waals surface area contributed by atoms with Crippen molar-refractivity contribution in [1.82, 2.24) is 0 Å². The van der Waals surface area contributed by atoms with Gasteiger partial charge in [0.15, 0.2) is 0 Å². The number of nitrogens with zero attached hydrogens (tertiary/aromatic N) is 1. The molecule has 8 heteroatoms. The van der Waals surface area contributed by atoms with Crippen molar-refractivity contribution in [3.05, 3.63) is 52.7 Å². The first-order valence-electron chi connectivity index (χ1n) is 6.98. The van der Waals surface area contributed by atoms with Gasteiger partial charge >= 0.3 is 5.97 Å². The van der Waals surface area contributed by atoms with Crippen LogP contribution in [0.3, 0.4) is 0 Å². The number of hydrogen-bond acceptors (Lipinski definition) is 6. The average Bonchev–Trinajstić information content (AvgIpc) is 2.95. The fourth-order valence-electron chi connectivity index (χ4n) is 1.80. The number of ether oxygens (including phenoxy) is 1. The summed E-state index contributed by atoms with van der Waals surface area (Å²) < 4.78 is 23.5. The van der Waals surface area contributed by atoms with Crippen molar-refractivity contribution in [1.29, 1.82) is 0 Å². The first-order chi connectivity index (χ1) is 11.4. The molecule has 0 amide bonds. The van der Waals surface area contributed by atoms with Crippen LogP contribution in [0.25, 0.3) is 0 Å². The van der Waals surface area contributed by atoms with Crippen LogP contribution in [-0.4, -0.2) is 24.1 Å². The normalized spacial score (nSPS) is 11.2. The Labute approximate surface area is 142 Å². The number of aryl methyl sites for hydroxylation is 1. The van der Waals surface area contributed by atoms with Gasteiger partial charge in [0.2, 0.25) is 16.7 Å². The molecule has 0 saturated heterocycles. The molecule has 0 radical (unpaired) electrons. The molecule has 0 aliphatic carbocycles. The van der Waals surface area contributed by atoms with Gasteiger partial charge in [0.1, 0.15) is 5.82 Å². The number of furan rings is 1. The van der Waals surface area contributed by atoms with Crippen LogP contribution in [-0.2, 0) is 9.53 Å². The average molecular weight is 353 g/mol. The molecule has 0 unspecified atom stereocenters. The number of carbonyl (C=O) groups is 2. The van der Waals surface area contributed by atoms with Crippen molar-refractivity contribution >= 4 is 34.8 Å². The number of ketones is 1. The molecule has 24 heavy (non-hydrogen) atoms. The summed E-state index contributed by atoms with van der Waals surface area (Å²) in [6.45, 7) is 3.35. The van der Waals surface area contributed by atoms with Crippen LogP contribution in [0.15, 0.2) is 40.0 Å². The number of benzene rings is 1. The van der Waals surface area contributed by atoms with Crippen molar-refractivity contribution in [3.8, 4) is 0 Å². The van der Waals surface area contributed by atoms with Gasteiger partial charge in [-0.25, -0.2) is 9.18 Å². The van der Waals surface area contributed by atoms with Crippen LogP contribution in [0.5, 0.6) is 0 Å². The lowest BCUT2D eigenvalue weighted by Gasteiger charge is -2.07. The Morgan fingerprint density at radius 1 is 1.38 bits per heavy atom. The Morgan fingerprint density at radius 2 is 2.12 bits per heavy atom. The summed E-state index contributed by atoms with van der Waals surface area (Å²) in [6, 6.07) is 5.68. The van der Waals surface area contributed by atoms with Gasteiger partial charge in [-0.1, -0.05) is 6.07 Å². The summed E-state index contributed by atoms with van der Waals surface area (Å²) in [7, 11) is 0. The quantitative estimate of drug-likeness (QED) is 0.282. The number of esters is 1. The summed E-state index contributed by atoms with van der Waals surface area (Å²) in [5.74, 6) is -2.33. The topological polar surface area (TPSA) is 80.9 Å². The molecule has 0 aliphatic heterocycles. The predicted molar refractivity (Wildman–Crippen MR) is 86.9 cm³/mol. The number of hydrogen-bond donors (Lipinski definition) is 1. The largest absolute Gasteiger partial charge is 0.461 e. The Kier molecular flexibility index (Phi) is 5.70. The van der Waals surface area contributed by atoms with Crippen LogP contribution in [0, 0.1) is 12.7 Å². The molecule has 0 spiro atoms. The first-order valence-corrected chi connectivity index (χ1v) is 7.36. The molecular weight excluding hydrogens is 339 g/mol. The number of rotatable bonds is 6. The second kappa shape index (κ2) is 7.74. The zero-order valence-electron chi connectivity index (χ0n) is 12.9. The van der Waals surface area contributed by atoms with Crippen LogP contribution < -0.4 is 5.43 Å². The smallest absolute Gasteiger partial charge is 0.362 e. The zero-order chi connectivity index (χ0) is 17.7. The van der Waals surface area contributed by atoms with Crippen LogP contribution >= 0.6 is 11.6 Å². The maximum atomic E-state index is 13.8. The molecule has 0 bridgehead atoms. The summed E-state index contributed by atoms with van der Waals surface area (Å²) >= 11 is 5.75. The summed E-state index contributed by atoms with van der Waals surface area (Å²) in [4.78, 5) is 24.4. The molecule has 2 aromatic rings. The van der Waals surface area contributed by atoms with E-state index in [1.54, 1.807) is 19.9 Å². The van der Waals surface area contributed by atoms with Gasteiger partial charge in [-0.3, -0.25) is 10.2 Å². The summed E-state index contributed by atoms with van der Waals surface area (Å²) in [6.07, 6.45) is 1.20. The highest BCUT2D eigenvalue weighted by molar-refractivity contribution is 6.68. The second-order valence-electron chi connectivity index (χ2n) is 4.71. The molecule has 1 aromatic carbocycles. The van der Waals surface area contributed by atoms with E-state index in [0.29, 0.717) is 5.56 Å². The number of halogens is 2. The maximum absolute atomic E-state index is 13.8. The van der Waals surface area contributed by atoms with E-state index in [1.165, 1.54) is 24.5 Å². The standard InChI is InChI=1S/C16H14ClFN2O4/c1-3-23-16(22)13(14(21)10-6-7-24-15(10)17)20-19-12-5-4-9(2)8-11(12)18/h4-8,19H,3H2,1-2H3/b20-13-. The van der Waals surface area contributed by atoms with Gasteiger partial charge in [0, 0.05) is 0 Å². The zero-order valence-corrected chi connectivity index (χ0v) is 13.7. The third kappa shape index (κ3) is 3.99. The Morgan fingerprint density at radius 3 is 2.71 bits per heavy atom. The molecule has 0 atom stereocenters. The van der Waals surface area contributed by atoms with Gasteiger partial charge in [-0.15, -0.1) is 0 Å². The fourth-order valence-corrected chi connectivity index (χ4v) is 2.00. The van der Waals surface area contributed by atoms with Crippen LogP contribution in [0.4, 0.5) is 10.1 Å². The van der Waals surface area contributed by atoms with E-state index in [4.69, 9.17) is 20.8 Å². The van der Waals surface area contributed by atoms with Crippen molar-refractivity contribution in [3.63, 3.8) is 0 Å². The highest BCUT2D eigenvalue weighted by atomic mass is 35.5. The Bertz CT molecular complexity index is 801. The minimum Gasteiger partial charge on any atom is -0.461 e. The van der Waals surface area contributed by atoms with E-state index in [9.17, 15) is 14.0 Å². The first kappa shape index (κ1) is 17.7. The predicted octanol–water partition coefficient (Wildman–Crippen LogP) is 3.59. The molecule has 1 heterocycles. The number of nitrogens with one attached hydrogen (secondary N) is 1. The number of anilines is 1. The van der Waals surface area contributed by atoms with E-state index in [1.807, 2.05) is 0 Å². The molecule has 6 nitrogen and oxygen atoms in total. The van der Waals surface area contributed by atoms with Crippen molar-refractivity contribution in [2.24, 2.45) is 5.10 Å². The molecule has 1 N–H and O–H groups in total. The van der Waals surface area contributed by atoms with Gasteiger partial charge in [0.25, 0.3) is 0 Å². The second-order valence-corrected chi connectivity index (χ2v) is 5.06. The highest BCUT2D eigenvalue weighted by Gasteiger charge is 2.27. The lowest BCUT2D eigenvalue weighted by molar-refractivity contribution is -0.134. The van der Waals surface area contributed by atoms with E-state index in [0.717, 1.165) is 0 Å². The van der Waals surface area contributed by atoms with E-state index in [2.05, 4.69) is 10.5 Å². The van der Waals surface area contributed by atoms with Gasteiger partial charge in [-0.05, 0) is 49.2 Å². The number of carbonyl (C=O) groups excluding carboxylic acids is 2. The number of Topliss-reactive ketones (excluding diaryl/α,β-unsaturated/α-hetero) is 1. The minimum absolute atomic E-state index is 0.00786. The molecule has 1 aromatic heterocycles. The van der Waals surface area contributed by atoms with E-state index >= 15 is 0 Å². The fraction of sp³-hybridized carbons (Fsp3) is 0.188. The Balaban J connectivity index is 2.33. The van der Waals surface area contributed by atoms with Crippen LogP contribution in [0.1, 0.15) is 22.8 Å². The van der Waals surface area contributed by atoms with Crippen LogP contribution in [0.2, 0.25) is 5.22 Å². The molecule has 0 aliphatic rings. The minimum atomic E-state index is -0.959. The van der Waals surface area contributed by atoms with E-state index < -0.39 is 23.3 Å². The SMILES string of the molecule is CCOC(=O)/C(=N\Nc1ccc(C)cc1F)C(=O)c1ccoc1Cl. The van der Waals surface area contributed by atoms with Crippen molar-refractivity contribution in [2.45, 2.75) is 13.8 Å². The third-order valence-corrected chi connectivity index (χ3v) is 3.25. The third-order valence-electron chi connectivity index (χ3n) is 2.96. The van der Waals surface area contributed by atoms with E-state index in [-0.39, 0.29) is 23.1 Å². The van der Waals surface area contributed by atoms with Gasteiger partial charge in [-0.2, -0.15) is 5.10 Å². The highest BCUT2D eigenvalue weighted by Crippen LogP contribution is 2.19. The monoisotopic (exact) mass is 352 g/mol. The summed E-state index contributed by atoms with van der Waals surface area (Å²) in [5, 5.41) is 3.52. The van der Waals surface area contributed by atoms with Crippen molar-refractivity contribution in [2.75, 3.05) is 12.0 Å². The maximum Gasteiger partial charge on any atom is 0.362 e. The number of hydrazone groups is 1. The Hall–Kier alpha value is -2.67. The molecule has 0 saturated carbocycles. The summed E-state index contributed by atoms with van der Waals surface area (Å²) in [5.41, 5.74) is 2.47. The molecule has 126 valence electrons. The molecule has 2 rings (SSSR count). The lowest BCUT2D eigenvalue weighted by atomic mass is 10.1. The van der Waals surface area contributed by atoms with Gasteiger partial charge in [0.05, 0.1) is 24.1 Å². The molecule has 0 fully saturated rings. The van der Waals surface area contributed by atoms with Crippen molar-refractivity contribution < 1.29 is 23.1 Å². The lowest BCUT2D eigenvalue weighted by Crippen LogP contribution is -2.27.